The Morgan fingerprint density at radius 2 is 1.71 bits per heavy atom. The predicted octanol–water partition coefficient (Wildman–Crippen LogP) is 1.78. The summed E-state index contributed by atoms with van der Waals surface area (Å²) < 4.78 is 9.42. The molecule has 6 nitrogen and oxygen atoms in total. The van der Waals surface area contributed by atoms with Crippen molar-refractivity contribution in [3.8, 4) is 0 Å². The number of ether oxygens (including phenoxy) is 2. The van der Waals surface area contributed by atoms with Crippen LogP contribution in [0.15, 0.2) is 30.3 Å². The van der Waals surface area contributed by atoms with Gasteiger partial charge in [0.1, 0.15) is 0 Å². The molecule has 0 heterocycles. The number of carbonyl (C=O) groups excluding carboxylic acids is 3. The van der Waals surface area contributed by atoms with Crippen LogP contribution >= 0.6 is 0 Å². The normalized spacial score (nSPS) is 12.2. The van der Waals surface area contributed by atoms with Crippen LogP contribution < -0.4 is 5.32 Å². The predicted molar refractivity (Wildman–Crippen MR) is 75.6 cm³/mol. The molecular weight excluding hydrogens is 274 g/mol. The van der Waals surface area contributed by atoms with Crippen molar-refractivity contribution in [2.24, 2.45) is 0 Å². The van der Waals surface area contributed by atoms with Crippen molar-refractivity contribution in [2.75, 3.05) is 7.11 Å². The maximum atomic E-state index is 12.2. The molecule has 21 heavy (non-hydrogen) atoms. The van der Waals surface area contributed by atoms with Crippen molar-refractivity contribution >= 4 is 18.0 Å². The molecule has 1 aromatic carbocycles. The monoisotopic (exact) mass is 293 g/mol. The summed E-state index contributed by atoms with van der Waals surface area (Å²) in [6, 6.07) is 9.09. The Balaban J connectivity index is 2.72. The van der Waals surface area contributed by atoms with Gasteiger partial charge in [0.15, 0.2) is 6.10 Å². The molecule has 0 fully saturated rings. The van der Waals surface area contributed by atoms with Gasteiger partial charge in [-0.05, 0) is 26.3 Å². The fraction of sp³-hybridized carbons (Fsp3) is 0.400. The molecule has 6 heteroatoms. The number of nitrogens with one attached hydrogen (secondary N) is 1. The molecule has 114 valence electrons. The summed E-state index contributed by atoms with van der Waals surface area (Å²) in [6.07, 6.45) is -2.00. The Kier molecular flexibility index (Phi) is 5.46. The van der Waals surface area contributed by atoms with Gasteiger partial charge in [0.2, 0.25) is 0 Å². The standard InChI is InChI=1S/C15H19NO5/c1-10(12(17)16-14(19)20-4)21-13(18)15(2,3)11-8-6-5-7-9-11/h5-10H,1-4H3,(H,16,17,19)/t10-/m0/s1. The minimum absolute atomic E-state index is 0.554. The number of methoxy groups -OCH3 is 1. The topological polar surface area (TPSA) is 81.7 Å². The Morgan fingerprint density at radius 1 is 1.14 bits per heavy atom. The average Bonchev–Trinajstić information content (AvgIpc) is 2.47. The number of carbonyl (C=O) groups is 3. The van der Waals surface area contributed by atoms with Gasteiger partial charge in [-0.1, -0.05) is 30.3 Å². The molecule has 0 radical (unpaired) electrons. The number of hydrogen-bond donors (Lipinski definition) is 1. The highest BCUT2D eigenvalue weighted by Crippen LogP contribution is 2.25. The first-order valence-electron chi connectivity index (χ1n) is 6.44. The zero-order chi connectivity index (χ0) is 16.0. The highest BCUT2D eigenvalue weighted by atomic mass is 16.6. The van der Waals surface area contributed by atoms with E-state index in [0.717, 1.165) is 12.7 Å². The number of esters is 1. The third kappa shape index (κ3) is 4.30. The van der Waals surface area contributed by atoms with Crippen molar-refractivity contribution in [3.05, 3.63) is 35.9 Å². The second-order valence-corrected chi connectivity index (χ2v) is 5.02. The second-order valence-electron chi connectivity index (χ2n) is 5.02. The van der Waals surface area contributed by atoms with Crippen LogP contribution in [0.5, 0.6) is 0 Å². The van der Waals surface area contributed by atoms with Gasteiger partial charge >= 0.3 is 12.1 Å². The van der Waals surface area contributed by atoms with Crippen LogP contribution in [0.1, 0.15) is 26.3 Å². The molecule has 1 aromatic rings. The van der Waals surface area contributed by atoms with Crippen molar-refractivity contribution < 1.29 is 23.9 Å². The maximum Gasteiger partial charge on any atom is 0.413 e. The lowest BCUT2D eigenvalue weighted by Crippen LogP contribution is -2.42. The van der Waals surface area contributed by atoms with E-state index < -0.39 is 29.5 Å². The summed E-state index contributed by atoms with van der Waals surface area (Å²) in [5.41, 5.74) is -0.128. The zero-order valence-corrected chi connectivity index (χ0v) is 12.5. The van der Waals surface area contributed by atoms with E-state index in [-0.39, 0.29) is 0 Å². The van der Waals surface area contributed by atoms with E-state index in [2.05, 4.69) is 4.74 Å². The fourth-order valence-electron chi connectivity index (χ4n) is 1.59. The molecular formula is C15H19NO5. The van der Waals surface area contributed by atoms with Crippen LogP contribution in [0.2, 0.25) is 0 Å². The lowest BCUT2D eigenvalue weighted by Gasteiger charge is -2.24. The van der Waals surface area contributed by atoms with Crippen molar-refractivity contribution in [2.45, 2.75) is 32.3 Å². The van der Waals surface area contributed by atoms with Crippen LogP contribution in [0, 0.1) is 0 Å². The van der Waals surface area contributed by atoms with Gasteiger partial charge in [0, 0.05) is 0 Å². The van der Waals surface area contributed by atoms with E-state index in [4.69, 9.17) is 4.74 Å². The van der Waals surface area contributed by atoms with Crippen molar-refractivity contribution in [3.63, 3.8) is 0 Å². The first-order valence-corrected chi connectivity index (χ1v) is 6.44. The van der Waals surface area contributed by atoms with Crippen LogP contribution in [0.3, 0.4) is 0 Å². The molecule has 0 aliphatic rings. The summed E-state index contributed by atoms with van der Waals surface area (Å²) in [4.78, 5) is 34.8. The van der Waals surface area contributed by atoms with Gasteiger partial charge in [0.05, 0.1) is 12.5 Å². The van der Waals surface area contributed by atoms with E-state index >= 15 is 0 Å². The van der Waals surface area contributed by atoms with Gasteiger partial charge in [0.25, 0.3) is 5.91 Å². The summed E-state index contributed by atoms with van der Waals surface area (Å²) >= 11 is 0. The van der Waals surface area contributed by atoms with Gasteiger partial charge in [-0.15, -0.1) is 0 Å². The molecule has 1 N–H and O–H groups in total. The fourth-order valence-corrected chi connectivity index (χ4v) is 1.59. The largest absolute Gasteiger partial charge is 0.453 e. The Bertz CT molecular complexity index is 524. The van der Waals surface area contributed by atoms with E-state index in [1.165, 1.54) is 6.92 Å². The average molecular weight is 293 g/mol. The number of benzene rings is 1. The third-order valence-corrected chi connectivity index (χ3v) is 3.07. The second kappa shape index (κ2) is 6.88. The molecule has 2 amide bonds. The number of imide groups is 1. The first-order chi connectivity index (χ1) is 9.78. The van der Waals surface area contributed by atoms with Crippen LogP contribution in [-0.2, 0) is 24.5 Å². The minimum atomic E-state index is -1.10. The Labute approximate surface area is 123 Å². The van der Waals surface area contributed by atoms with E-state index in [1.807, 2.05) is 23.5 Å². The molecule has 1 rings (SSSR count). The molecule has 0 saturated carbocycles. The van der Waals surface area contributed by atoms with E-state index in [9.17, 15) is 14.4 Å². The van der Waals surface area contributed by atoms with Gasteiger partial charge in [-0.2, -0.15) is 0 Å². The SMILES string of the molecule is COC(=O)NC(=O)[C@H](C)OC(=O)C(C)(C)c1ccccc1. The minimum Gasteiger partial charge on any atom is -0.453 e. The number of amides is 2. The highest BCUT2D eigenvalue weighted by Gasteiger charge is 2.34. The number of alkyl carbamates (subject to hydrolysis) is 1. The summed E-state index contributed by atoms with van der Waals surface area (Å²) in [6.45, 7) is 4.79. The molecule has 0 aliphatic carbocycles. The van der Waals surface area contributed by atoms with E-state index in [0.29, 0.717) is 0 Å². The molecule has 0 aromatic heterocycles. The Morgan fingerprint density at radius 3 is 2.24 bits per heavy atom. The third-order valence-electron chi connectivity index (χ3n) is 3.07. The summed E-state index contributed by atoms with van der Waals surface area (Å²) in [5.74, 6) is -1.29. The molecule has 0 bridgehead atoms. The van der Waals surface area contributed by atoms with Gasteiger partial charge in [-0.3, -0.25) is 14.9 Å². The summed E-state index contributed by atoms with van der Waals surface area (Å²) in [7, 11) is 1.14. The van der Waals surface area contributed by atoms with Gasteiger partial charge < -0.3 is 9.47 Å². The molecule has 0 aliphatic heterocycles. The zero-order valence-electron chi connectivity index (χ0n) is 12.5. The summed E-state index contributed by atoms with van der Waals surface area (Å²) in [5, 5.41) is 1.95. The van der Waals surface area contributed by atoms with Crippen LogP contribution in [0.4, 0.5) is 4.79 Å². The van der Waals surface area contributed by atoms with Crippen molar-refractivity contribution in [1.29, 1.82) is 0 Å². The number of hydrogen-bond acceptors (Lipinski definition) is 5. The molecule has 0 saturated heterocycles. The first kappa shape index (κ1) is 16.7. The van der Waals surface area contributed by atoms with Gasteiger partial charge in [-0.25, -0.2) is 4.79 Å². The molecule has 0 spiro atoms. The lowest BCUT2D eigenvalue weighted by molar-refractivity contribution is -0.159. The van der Waals surface area contributed by atoms with Crippen molar-refractivity contribution in [1.82, 2.24) is 5.32 Å². The van der Waals surface area contributed by atoms with Crippen LogP contribution in [-0.4, -0.2) is 31.2 Å². The molecule has 0 unspecified atom stereocenters. The highest BCUT2D eigenvalue weighted by molar-refractivity contribution is 5.95. The number of rotatable bonds is 4. The smallest absolute Gasteiger partial charge is 0.413 e. The lowest BCUT2D eigenvalue weighted by atomic mass is 9.85. The van der Waals surface area contributed by atoms with E-state index in [1.54, 1.807) is 26.0 Å². The maximum absolute atomic E-state index is 12.2. The Hall–Kier alpha value is -2.37. The van der Waals surface area contributed by atoms with Crippen LogP contribution in [0.25, 0.3) is 0 Å². The quantitative estimate of drug-likeness (QED) is 0.856. The molecule has 1 atom stereocenters.